The number of hydrogen-bond donors (Lipinski definition) is 2. The molecule has 0 saturated carbocycles. The molecule has 1 heterocycles. The van der Waals surface area contributed by atoms with Crippen molar-refractivity contribution < 1.29 is 10.2 Å². The van der Waals surface area contributed by atoms with E-state index in [0.29, 0.717) is 11.8 Å². The molecule has 0 amide bonds. The number of phenols is 1. The zero-order valence-corrected chi connectivity index (χ0v) is 9.47. The zero-order valence-electron chi connectivity index (χ0n) is 9.47. The zero-order chi connectivity index (χ0) is 11.4. The summed E-state index contributed by atoms with van der Waals surface area (Å²) < 4.78 is 0. The number of hydrogen-bond acceptors (Lipinski definition) is 3. The smallest absolute Gasteiger partial charge is 0.115 e. The van der Waals surface area contributed by atoms with Crippen LogP contribution in [0.15, 0.2) is 24.3 Å². The van der Waals surface area contributed by atoms with Crippen LogP contribution < -0.4 is 0 Å². The van der Waals surface area contributed by atoms with Gasteiger partial charge in [-0.15, -0.1) is 0 Å². The highest BCUT2D eigenvalue weighted by atomic mass is 16.3. The van der Waals surface area contributed by atoms with Crippen molar-refractivity contribution in [2.24, 2.45) is 0 Å². The molecule has 1 fully saturated rings. The second-order valence-electron chi connectivity index (χ2n) is 4.47. The Bertz CT molecular complexity index is 323. The lowest BCUT2D eigenvalue weighted by Gasteiger charge is -2.34. The van der Waals surface area contributed by atoms with Crippen LogP contribution in [0.25, 0.3) is 0 Å². The van der Waals surface area contributed by atoms with Crippen molar-refractivity contribution in [1.29, 1.82) is 0 Å². The van der Waals surface area contributed by atoms with Crippen molar-refractivity contribution in [3.05, 3.63) is 29.8 Å². The third kappa shape index (κ3) is 2.74. The molecular weight excluding hydrogens is 202 g/mol. The summed E-state index contributed by atoms with van der Waals surface area (Å²) in [6.45, 7) is 2.18. The molecule has 2 N–H and O–H groups in total. The molecule has 2 rings (SSSR count). The molecule has 1 unspecified atom stereocenters. The molecular formula is C13H19NO2. The number of aromatic hydroxyl groups is 1. The SMILES string of the molecule is OCC1CCCCN1Cc1ccc(O)cc1. The summed E-state index contributed by atoms with van der Waals surface area (Å²) in [7, 11) is 0. The van der Waals surface area contributed by atoms with Gasteiger partial charge >= 0.3 is 0 Å². The van der Waals surface area contributed by atoms with E-state index in [1.54, 1.807) is 12.1 Å². The minimum atomic E-state index is 0.248. The van der Waals surface area contributed by atoms with Crippen molar-refractivity contribution in [3.63, 3.8) is 0 Å². The summed E-state index contributed by atoms with van der Waals surface area (Å²) in [5.74, 6) is 0.307. The Kier molecular flexibility index (Phi) is 3.80. The van der Waals surface area contributed by atoms with E-state index in [2.05, 4.69) is 4.90 Å². The fraction of sp³-hybridized carbons (Fsp3) is 0.538. The summed E-state index contributed by atoms with van der Waals surface area (Å²) in [5, 5.41) is 18.5. The van der Waals surface area contributed by atoms with Crippen LogP contribution in [-0.4, -0.2) is 34.3 Å². The van der Waals surface area contributed by atoms with Gasteiger partial charge in [-0.2, -0.15) is 0 Å². The summed E-state index contributed by atoms with van der Waals surface area (Å²) >= 11 is 0. The van der Waals surface area contributed by atoms with Gasteiger partial charge in [0.25, 0.3) is 0 Å². The average Bonchev–Trinajstić information content (AvgIpc) is 2.33. The van der Waals surface area contributed by atoms with Gasteiger partial charge < -0.3 is 10.2 Å². The summed E-state index contributed by atoms with van der Waals surface area (Å²) in [6.07, 6.45) is 3.53. The summed E-state index contributed by atoms with van der Waals surface area (Å²) in [4.78, 5) is 2.33. The first-order valence-electron chi connectivity index (χ1n) is 5.92. The van der Waals surface area contributed by atoms with Gasteiger partial charge in [-0.1, -0.05) is 18.6 Å². The number of aliphatic hydroxyl groups is 1. The first-order chi connectivity index (χ1) is 7.79. The Balaban J connectivity index is 1.99. The van der Waals surface area contributed by atoms with E-state index in [9.17, 15) is 10.2 Å². The van der Waals surface area contributed by atoms with Gasteiger partial charge in [-0.3, -0.25) is 4.90 Å². The first kappa shape index (κ1) is 11.4. The monoisotopic (exact) mass is 221 g/mol. The quantitative estimate of drug-likeness (QED) is 0.817. The van der Waals surface area contributed by atoms with Crippen molar-refractivity contribution in [1.82, 2.24) is 4.90 Å². The summed E-state index contributed by atoms with van der Waals surface area (Å²) in [6, 6.07) is 7.62. The first-order valence-corrected chi connectivity index (χ1v) is 5.92. The van der Waals surface area contributed by atoms with E-state index in [-0.39, 0.29) is 6.61 Å². The van der Waals surface area contributed by atoms with Crippen LogP contribution in [-0.2, 0) is 6.54 Å². The Morgan fingerprint density at radius 3 is 2.62 bits per heavy atom. The fourth-order valence-corrected chi connectivity index (χ4v) is 2.31. The third-order valence-corrected chi connectivity index (χ3v) is 3.28. The average molecular weight is 221 g/mol. The van der Waals surface area contributed by atoms with Gasteiger partial charge in [0.05, 0.1) is 6.61 Å². The Morgan fingerprint density at radius 1 is 1.19 bits per heavy atom. The van der Waals surface area contributed by atoms with E-state index in [1.807, 2.05) is 12.1 Å². The van der Waals surface area contributed by atoms with E-state index >= 15 is 0 Å². The lowest BCUT2D eigenvalue weighted by atomic mass is 10.0. The molecule has 0 aliphatic carbocycles. The third-order valence-electron chi connectivity index (χ3n) is 3.28. The number of aliphatic hydroxyl groups excluding tert-OH is 1. The number of piperidine rings is 1. The Hall–Kier alpha value is -1.06. The predicted molar refractivity (Wildman–Crippen MR) is 63.2 cm³/mol. The molecule has 1 aliphatic heterocycles. The van der Waals surface area contributed by atoms with E-state index in [0.717, 1.165) is 19.5 Å². The van der Waals surface area contributed by atoms with Crippen LogP contribution in [0.1, 0.15) is 24.8 Å². The second-order valence-corrected chi connectivity index (χ2v) is 4.47. The number of benzene rings is 1. The molecule has 0 radical (unpaired) electrons. The molecule has 1 aliphatic rings. The molecule has 16 heavy (non-hydrogen) atoms. The van der Waals surface area contributed by atoms with Crippen molar-refractivity contribution in [3.8, 4) is 5.75 Å². The van der Waals surface area contributed by atoms with Crippen molar-refractivity contribution in [2.45, 2.75) is 31.8 Å². The van der Waals surface area contributed by atoms with Crippen LogP contribution in [0.3, 0.4) is 0 Å². The Labute approximate surface area is 96.3 Å². The largest absolute Gasteiger partial charge is 0.508 e. The second kappa shape index (κ2) is 5.32. The van der Waals surface area contributed by atoms with E-state index in [1.165, 1.54) is 18.4 Å². The molecule has 1 saturated heterocycles. The molecule has 1 atom stereocenters. The molecule has 3 heteroatoms. The van der Waals surface area contributed by atoms with Gasteiger partial charge in [0.2, 0.25) is 0 Å². The van der Waals surface area contributed by atoms with Crippen molar-refractivity contribution >= 4 is 0 Å². The molecule has 0 aromatic heterocycles. The van der Waals surface area contributed by atoms with Crippen LogP contribution in [0.4, 0.5) is 0 Å². The minimum Gasteiger partial charge on any atom is -0.508 e. The number of nitrogens with zero attached hydrogens (tertiary/aromatic N) is 1. The summed E-state index contributed by atoms with van der Waals surface area (Å²) in [5.41, 5.74) is 1.19. The molecule has 3 nitrogen and oxygen atoms in total. The van der Waals surface area contributed by atoms with Gasteiger partial charge in [-0.05, 0) is 37.1 Å². The van der Waals surface area contributed by atoms with Gasteiger partial charge in [-0.25, -0.2) is 0 Å². The van der Waals surface area contributed by atoms with Gasteiger partial charge in [0, 0.05) is 12.6 Å². The maximum Gasteiger partial charge on any atom is 0.115 e. The lowest BCUT2D eigenvalue weighted by Crippen LogP contribution is -2.41. The van der Waals surface area contributed by atoms with E-state index < -0.39 is 0 Å². The lowest BCUT2D eigenvalue weighted by molar-refractivity contribution is 0.0841. The van der Waals surface area contributed by atoms with E-state index in [4.69, 9.17) is 0 Å². The molecule has 1 aromatic carbocycles. The number of likely N-dealkylation sites (tertiary alicyclic amines) is 1. The van der Waals surface area contributed by atoms with Gasteiger partial charge in [0.15, 0.2) is 0 Å². The maximum atomic E-state index is 9.30. The highest BCUT2D eigenvalue weighted by Crippen LogP contribution is 2.20. The van der Waals surface area contributed by atoms with Gasteiger partial charge in [0.1, 0.15) is 5.75 Å². The number of phenolic OH excluding ortho intramolecular Hbond substituents is 1. The molecule has 1 aromatic rings. The van der Waals surface area contributed by atoms with Crippen LogP contribution in [0.5, 0.6) is 5.75 Å². The molecule has 88 valence electrons. The van der Waals surface area contributed by atoms with Crippen LogP contribution in [0, 0.1) is 0 Å². The molecule has 0 spiro atoms. The van der Waals surface area contributed by atoms with Crippen LogP contribution >= 0.6 is 0 Å². The normalized spacial score (nSPS) is 22.2. The maximum absolute atomic E-state index is 9.30. The highest BCUT2D eigenvalue weighted by molar-refractivity contribution is 5.25. The van der Waals surface area contributed by atoms with Crippen molar-refractivity contribution in [2.75, 3.05) is 13.2 Å². The highest BCUT2D eigenvalue weighted by Gasteiger charge is 2.21. The standard InChI is InChI=1S/C13H19NO2/c15-10-12-3-1-2-8-14(12)9-11-4-6-13(16)7-5-11/h4-7,12,15-16H,1-3,8-10H2. The predicted octanol–water partition coefficient (Wildman–Crippen LogP) is 1.74. The fourth-order valence-electron chi connectivity index (χ4n) is 2.31. The van der Waals surface area contributed by atoms with Crippen LogP contribution in [0.2, 0.25) is 0 Å². The molecule has 0 bridgehead atoms. The minimum absolute atomic E-state index is 0.248. The number of rotatable bonds is 3. The topological polar surface area (TPSA) is 43.7 Å². The Morgan fingerprint density at radius 2 is 1.94 bits per heavy atom.